The summed E-state index contributed by atoms with van der Waals surface area (Å²) in [6.45, 7) is 1.31. The molecule has 1 aliphatic rings. The molecule has 2 rings (SSSR count). The van der Waals surface area contributed by atoms with Crippen LogP contribution in [0, 0.1) is 5.41 Å². The van der Waals surface area contributed by atoms with Crippen molar-refractivity contribution in [1.29, 1.82) is 0 Å². The molecule has 0 bridgehead atoms. The lowest BCUT2D eigenvalue weighted by Gasteiger charge is -2.26. The first-order valence-corrected chi connectivity index (χ1v) is 6.91. The average Bonchev–Trinajstić information content (AvgIpc) is 2.92. The lowest BCUT2D eigenvalue weighted by molar-refractivity contribution is -0.154. The Morgan fingerprint density at radius 3 is 2.33 bits per heavy atom. The average molecular weight is 307 g/mol. The Morgan fingerprint density at radius 2 is 1.81 bits per heavy atom. The first-order valence-electron chi connectivity index (χ1n) is 6.54. The Balaban J connectivity index is 2.46. The van der Waals surface area contributed by atoms with Gasteiger partial charge >= 0.3 is 5.97 Å². The summed E-state index contributed by atoms with van der Waals surface area (Å²) in [5.41, 5.74) is -0.892. The molecule has 110 valence electrons. The number of ether oxygens (including phenoxy) is 1. The van der Waals surface area contributed by atoms with E-state index in [1.807, 2.05) is 0 Å². The number of carbonyl (C=O) groups excluding carboxylic acids is 3. The number of rotatable bonds is 4. The molecule has 0 saturated carbocycles. The van der Waals surface area contributed by atoms with Crippen molar-refractivity contribution >= 4 is 29.1 Å². The van der Waals surface area contributed by atoms with E-state index in [0.29, 0.717) is 17.0 Å². The molecule has 4 nitrogen and oxygen atoms in total. The molecule has 0 N–H and O–H groups in total. The van der Waals surface area contributed by atoms with Gasteiger partial charge in [-0.25, -0.2) is 0 Å². The second-order valence-electron chi connectivity index (χ2n) is 4.95. The van der Waals surface area contributed by atoms with Crippen LogP contribution in [0.4, 0.5) is 0 Å². The standard InChI is InChI=1S/C16H15ClO4/c1-10(18)16(15(20)21-2)9-3-4-13(16)14(19)11-5-7-12(17)8-6-11/h4-8H,3,9H2,1-2H3/t16-/m1/s1. The van der Waals surface area contributed by atoms with Crippen LogP contribution < -0.4 is 0 Å². The van der Waals surface area contributed by atoms with Crippen molar-refractivity contribution in [3.8, 4) is 0 Å². The van der Waals surface area contributed by atoms with Gasteiger partial charge in [-0.1, -0.05) is 17.7 Å². The van der Waals surface area contributed by atoms with Crippen LogP contribution in [0.3, 0.4) is 0 Å². The van der Waals surface area contributed by atoms with Crippen LogP contribution in [0.2, 0.25) is 5.02 Å². The van der Waals surface area contributed by atoms with E-state index in [1.54, 1.807) is 30.3 Å². The molecular formula is C16H15ClO4. The van der Waals surface area contributed by atoms with Gasteiger partial charge in [-0.2, -0.15) is 0 Å². The third kappa shape index (κ3) is 2.51. The lowest BCUT2D eigenvalue weighted by atomic mass is 9.75. The van der Waals surface area contributed by atoms with E-state index in [0.717, 1.165) is 0 Å². The van der Waals surface area contributed by atoms with Gasteiger partial charge in [0.1, 0.15) is 0 Å². The van der Waals surface area contributed by atoms with E-state index < -0.39 is 11.4 Å². The van der Waals surface area contributed by atoms with Crippen LogP contribution in [-0.2, 0) is 14.3 Å². The molecule has 1 aromatic carbocycles. The quantitative estimate of drug-likeness (QED) is 0.487. The van der Waals surface area contributed by atoms with Crippen molar-refractivity contribution < 1.29 is 19.1 Å². The monoisotopic (exact) mass is 306 g/mol. The van der Waals surface area contributed by atoms with Gasteiger partial charge in [-0.3, -0.25) is 14.4 Å². The number of esters is 1. The largest absolute Gasteiger partial charge is 0.468 e. The van der Waals surface area contributed by atoms with E-state index in [9.17, 15) is 14.4 Å². The lowest BCUT2D eigenvalue weighted by Crippen LogP contribution is -2.41. The fourth-order valence-corrected chi connectivity index (χ4v) is 2.81. The summed E-state index contributed by atoms with van der Waals surface area (Å²) in [7, 11) is 1.22. The molecule has 21 heavy (non-hydrogen) atoms. The van der Waals surface area contributed by atoms with Gasteiger partial charge in [0, 0.05) is 16.2 Å². The molecule has 0 fully saturated rings. The smallest absolute Gasteiger partial charge is 0.324 e. The van der Waals surface area contributed by atoms with Gasteiger partial charge < -0.3 is 4.74 Å². The van der Waals surface area contributed by atoms with Gasteiger partial charge in [-0.05, 0) is 44.0 Å². The zero-order valence-corrected chi connectivity index (χ0v) is 12.6. The molecule has 0 aliphatic heterocycles. The van der Waals surface area contributed by atoms with Gasteiger partial charge in [-0.15, -0.1) is 0 Å². The number of ketones is 2. The topological polar surface area (TPSA) is 60.4 Å². The Morgan fingerprint density at radius 1 is 1.19 bits per heavy atom. The minimum Gasteiger partial charge on any atom is -0.468 e. The number of hydrogen-bond donors (Lipinski definition) is 0. The highest BCUT2D eigenvalue weighted by atomic mass is 35.5. The molecule has 0 saturated heterocycles. The number of benzene rings is 1. The van der Waals surface area contributed by atoms with Crippen molar-refractivity contribution in [2.75, 3.05) is 7.11 Å². The Bertz CT molecular complexity index is 630. The number of carbonyl (C=O) groups is 3. The maximum atomic E-state index is 12.6. The fraction of sp³-hybridized carbons (Fsp3) is 0.312. The maximum absolute atomic E-state index is 12.6. The third-order valence-corrected chi connectivity index (χ3v) is 4.07. The van der Waals surface area contributed by atoms with Crippen molar-refractivity contribution in [2.24, 2.45) is 5.41 Å². The summed E-state index contributed by atoms with van der Waals surface area (Å²) in [6.07, 6.45) is 2.41. The van der Waals surface area contributed by atoms with Crippen LogP contribution in [-0.4, -0.2) is 24.6 Å². The summed E-state index contributed by atoms with van der Waals surface area (Å²) in [4.78, 5) is 36.8. The zero-order valence-electron chi connectivity index (χ0n) is 11.8. The number of halogens is 1. The van der Waals surface area contributed by atoms with Crippen LogP contribution in [0.15, 0.2) is 35.9 Å². The predicted molar refractivity (Wildman–Crippen MR) is 78.2 cm³/mol. The van der Waals surface area contributed by atoms with Gasteiger partial charge in [0.25, 0.3) is 0 Å². The van der Waals surface area contributed by atoms with Gasteiger partial charge in [0.2, 0.25) is 0 Å². The Labute approximate surface area is 127 Å². The van der Waals surface area contributed by atoms with Crippen LogP contribution in [0.5, 0.6) is 0 Å². The predicted octanol–water partition coefficient (Wildman–Crippen LogP) is 2.99. The van der Waals surface area contributed by atoms with E-state index in [4.69, 9.17) is 16.3 Å². The number of Topliss-reactive ketones (excluding diaryl/α,β-unsaturated/α-hetero) is 2. The second kappa shape index (κ2) is 5.82. The van der Waals surface area contributed by atoms with E-state index >= 15 is 0 Å². The Kier molecular flexibility index (Phi) is 4.28. The van der Waals surface area contributed by atoms with E-state index in [1.165, 1.54) is 14.0 Å². The molecule has 0 aromatic heterocycles. The van der Waals surface area contributed by atoms with E-state index in [2.05, 4.69) is 0 Å². The van der Waals surface area contributed by atoms with Crippen molar-refractivity contribution in [3.63, 3.8) is 0 Å². The SMILES string of the molecule is COC(=O)[C@@]1(C(C)=O)CCC=C1C(=O)c1ccc(Cl)cc1. The highest BCUT2D eigenvalue weighted by molar-refractivity contribution is 6.30. The number of methoxy groups -OCH3 is 1. The highest BCUT2D eigenvalue weighted by Crippen LogP contribution is 2.42. The highest BCUT2D eigenvalue weighted by Gasteiger charge is 2.52. The van der Waals surface area contributed by atoms with Gasteiger partial charge in [0.15, 0.2) is 17.0 Å². The number of allylic oxidation sites excluding steroid dienone is 1. The van der Waals surface area contributed by atoms with Crippen LogP contribution in [0.1, 0.15) is 30.1 Å². The minimum absolute atomic E-state index is 0.198. The minimum atomic E-state index is -1.48. The van der Waals surface area contributed by atoms with Crippen molar-refractivity contribution in [2.45, 2.75) is 19.8 Å². The molecule has 0 unspecified atom stereocenters. The summed E-state index contributed by atoms with van der Waals surface area (Å²) >= 11 is 5.80. The molecule has 1 atom stereocenters. The molecule has 0 radical (unpaired) electrons. The fourth-order valence-electron chi connectivity index (χ4n) is 2.68. The molecule has 5 heteroatoms. The van der Waals surface area contributed by atoms with E-state index in [-0.39, 0.29) is 23.6 Å². The maximum Gasteiger partial charge on any atom is 0.324 e. The number of hydrogen-bond acceptors (Lipinski definition) is 4. The molecule has 0 spiro atoms. The summed E-state index contributed by atoms with van der Waals surface area (Å²) in [5, 5.41) is 0.512. The van der Waals surface area contributed by atoms with Crippen LogP contribution in [0.25, 0.3) is 0 Å². The molecule has 0 heterocycles. The molecule has 1 aliphatic carbocycles. The van der Waals surface area contributed by atoms with Gasteiger partial charge in [0.05, 0.1) is 7.11 Å². The molecule has 1 aromatic rings. The van der Waals surface area contributed by atoms with Crippen molar-refractivity contribution in [1.82, 2.24) is 0 Å². The summed E-state index contributed by atoms with van der Waals surface area (Å²) in [5.74, 6) is -1.40. The van der Waals surface area contributed by atoms with Crippen molar-refractivity contribution in [3.05, 3.63) is 46.5 Å². The first-order chi connectivity index (χ1) is 9.93. The van der Waals surface area contributed by atoms with Crippen LogP contribution >= 0.6 is 11.6 Å². The Hall–Kier alpha value is -1.94. The summed E-state index contributed by atoms with van der Waals surface area (Å²) in [6, 6.07) is 6.34. The normalized spacial score (nSPS) is 20.8. The third-order valence-electron chi connectivity index (χ3n) is 3.81. The second-order valence-corrected chi connectivity index (χ2v) is 5.38. The first kappa shape index (κ1) is 15.4. The molecule has 0 amide bonds. The zero-order chi connectivity index (χ0) is 15.6. The summed E-state index contributed by atoms with van der Waals surface area (Å²) < 4.78 is 4.76. The molecular weight excluding hydrogens is 292 g/mol.